The molecule has 1 fully saturated rings. The number of ether oxygens (including phenoxy) is 1. The third kappa shape index (κ3) is 4.59. The molecule has 0 aromatic carbocycles. The van der Waals surface area contributed by atoms with Gasteiger partial charge in [-0.05, 0) is 51.3 Å². The molecule has 1 heterocycles. The van der Waals surface area contributed by atoms with Crippen molar-refractivity contribution in [3.05, 3.63) is 12.7 Å². The summed E-state index contributed by atoms with van der Waals surface area (Å²) in [5.41, 5.74) is -1.13. The number of hydrogen-bond donors (Lipinski definition) is 0. The van der Waals surface area contributed by atoms with Crippen LogP contribution in [0.5, 0.6) is 0 Å². The van der Waals surface area contributed by atoms with Gasteiger partial charge in [0.25, 0.3) is 0 Å². The molecule has 4 nitrogen and oxygen atoms in total. The number of carbonyl (C=O) groups is 1. The topological polar surface area (TPSA) is 38.8 Å². The van der Waals surface area contributed by atoms with Crippen molar-refractivity contribution in [3.63, 3.8) is 0 Å². The summed E-state index contributed by atoms with van der Waals surface area (Å²) in [6.45, 7) is 21.1. The predicted octanol–water partition coefficient (Wildman–Crippen LogP) is 4.17. The fraction of sp³-hybridized carbons (Fsp3) is 0.824. The molecule has 0 saturated carbocycles. The molecule has 5 heteroatoms. The SMILES string of the molecule is C=CC1(O[SiH](C)C)CC(C(C)(C)C)CN1C(=O)OC(C)(C)C. The molecule has 1 rings (SSSR count). The van der Waals surface area contributed by atoms with Gasteiger partial charge in [-0.2, -0.15) is 0 Å². The highest BCUT2D eigenvalue weighted by atomic mass is 28.3. The Balaban J connectivity index is 3.12. The maximum atomic E-state index is 12.7. The van der Waals surface area contributed by atoms with Gasteiger partial charge in [0.2, 0.25) is 0 Å². The van der Waals surface area contributed by atoms with Crippen LogP contribution < -0.4 is 0 Å². The second kappa shape index (κ2) is 6.36. The lowest BCUT2D eigenvalue weighted by Crippen LogP contribution is -2.51. The molecule has 128 valence electrons. The zero-order valence-corrected chi connectivity index (χ0v) is 16.7. The van der Waals surface area contributed by atoms with Crippen molar-refractivity contribution in [2.45, 2.75) is 72.4 Å². The Kier molecular flexibility index (Phi) is 5.56. The molecule has 0 aromatic rings. The van der Waals surface area contributed by atoms with E-state index in [1.165, 1.54) is 0 Å². The van der Waals surface area contributed by atoms with Gasteiger partial charge in [-0.25, -0.2) is 4.79 Å². The second-order valence-corrected chi connectivity index (χ2v) is 10.9. The molecule has 1 saturated heterocycles. The van der Waals surface area contributed by atoms with Crippen LogP contribution >= 0.6 is 0 Å². The number of hydrogen-bond acceptors (Lipinski definition) is 3. The van der Waals surface area contributed by atoms with E-state index >= 15 is 0 Å². The van der Waals surface area contributed by atoms with E-state index in [4.69, 9.17) is 9.16 Å². The van der Waals surface area contributed by atoms with Crippen LogP contribution in [0.4, 0.5) is 4.79 Å². The van der Waals surface area contributed by atoms with Crippen LogP contribution in [0.25, 0.3) is 0 Å². The van der Waals surface area contributed by atoms with E-state index in [0.29, 0.717) is 12.5 Å². The van der Waals surface area contributed by atoms with Gasteiger partial charge in [0, 0.05) is 13.0 Å². The van der Waals surface area contributed by atoms with E-state index in [9.17, 15) is 4.79 Å². The summed E-state index contributed by atoms with van der Waals surface area (Å²) in [5.74, 6) is 0.353. The summed E-state index contributed by atoms with van der Waals surface area (Å²) in [5, 5.41) is 0. The molecule has 0 aromatic heterocycles. The average Bonchev–Trinajstić information content (AvgIpc) is 2.65. The molecule has 0 bridgehead atoms. The van der Waals surface area contributed by atoms with Gasteiger partial charge < -0.3 is 9.16 Å². The number of amides is 1. The monoisotopic (exact) mass is 327 g/mol. The Morgan fingerprint density at radius 1 is 1.27 bits per heavy atom. The number of nitrogens with zero attached hydrogens (tertiary/aromatic N) is 1. The highest BCUT2D eigenvalue weighted by Gasteiger charge is 2.51. The summed E-state index contributed by atoms with van der Waals surface area (Å²) in [7, 11) is -1.34. The Labute approximate surface area is 137 Å². The summed E-state index contributed by atoms with van der Waals surface area (Å²) in [6.07, 6.45) is 2.26. The van der Waals surface area contributed by atoms with Crippen molar-refractivity contribution in [3.8, 4) is 0 Å². The van der Waals surface area contributed by atoms with Crippen LogP contribution in [0.1, 0.15) is 48.0 Å². The van der Waals surface area contributed by atoms with Crippen LogP contribution in [0.3, 0.4) is 0 Å². The zero-order chi connectivity index (χ0) is 17.3. The van der Waals surface area contributed by atoms with Gasteiger partial charge >= 0.3 is 6.09 Å². The van der Waals surface area contributed by atoms with E-state index in [0.717, 1.165) is 6.42 Å². The summed E-state index contributed by atoms with van der Waals surface area (Å²) >= 11 is 0. The smallest absolute Gasteiger partial charge is 0.412 e. The van der Waals surface area contributed by atoms with Crippen molar-refractivity contribution < 1.29 is 14.0 Å². The maximum absolute atomic E-state index is 12.7. The van der Waals surface area contributed by atoms with Gasteiger partial charge in [0.1, 0.15) is 5.60 Å². The van der Waals surface area contributed by atoms with Gasteiger partial charge in [-0.1, -0.05) is 27.4 Å². The first-order chi connectivity index (χ1) is 9.81. The summed E-state index contributed by atoms with van der Waals surface area (Å²) < 4.78 is 11.9. The van der Waals surface area contributed by atoms with Gasteiger partial charge in [0.15, 0.2) is 14.8 Å². The lowest BCUT2D eigenvalue weighted by atomic mass is 9.79. The average molecular weight is 328 g/mol. The molecule has 2 unspecified atom stereocenters. The summed E-state index contributed by atoms with van der Waals surface area (Å²) in [6, 6.07) is 0. The second-order valence-electron chi connectivity index (χ2n) is 8.57. The molecule has 1 amide bonds. The largest absolute Gasteiger partial charge is 0.444 e. The fourth-order valence-electron chi connectivity index (χ4n) is 2.79. The van der Waals surface area contributed by atoms with Crippen molar-refractivity contribution in [2.24, 2.45) is 11.3 Å². The van der Waals surface area contributed by atoms with E-state index in [1.54, 1.807) is 11.0 Å². The Bertz CT molecular complexity index is 423. The van der Waals surface area contributed by atoms with Crippen molar-refractivity contribution in [1.82, 2.24) is 4.90 Å². The number of rotatable bonds is 3. The molecule has 1 aliphatic heterocycles. The Hall–Kier alpha value is -0.813. The third-order valence-corrected chi connectivity index (χ3v) is 4.88. The van der Waals surface area contributed by atoms with Crippen molar-refractivity contribution in [1.29, 1.82) is 0 Å². The molecule has 22 heavy (non-hydrogen) atoms. The molecule has 1 aliphatic rings. The Morgan fingerprint density at radius 2 is 1.82 bits per heavy atom. The van der Waals surface area contributed by atoms with E-state index in [1.807, 2.05) is 20.8 Å². The van der Waals surface area contributed by atoms with E-state index < -0.39 is 20.4 Å². The fourth-order valence-corrected chi connectivity index (χ4v) is 3.93. The number of likely N-dealkylation sites (tertiary alicyclic amines) is 1. The first kappa shape index (κ1) is 19.2. The normalized spacial score (nSPS) is 26.4. The summed E-state index contributed by atoms with van der Waals surface area (Å²) in [4.78, 5) is 14.4. The standard InChI is InChI=1S/C17H33NO3Si/c1-10-17(21-22(8)9)11-13(15(2,3)4)12-18(17)14(19)20-16(5,6)7/h10,13,22H,1,11-12H2,2-9H3. The minimum atomic E-state index is -1.34. The molecule has 2 atom stereocenters. The van der Waals surface area contributed by atoms with Gasteiger partial charge in [-0.15, -0.1) is 0 Å². The number of carbonyl (C=O) groups excluding carboxylic acids is 1. The minimum Gasteiger partial charge on any atom is -0.444 e. The lowest BCUT2D eigenvalue weighted by Gasteiger charge is -2.38. The van der Waals surface area contributed by atoms with E-state index in [2.05, 4.69) is 40.4 Å². The molecular formula is C17H33NO3Si. The highest BCUT2D eigenvalue weighted by Crippen LogP contribution is 2.44. The Morgan fingerprint density at radius 3 is 2.18 bits per heavy atom. The van der Waals surface area contributed by atoms with E-state index in [-0.39, 0.29) is 11.5 Å². The molecule has 0 radical (unpaired) electrons. The molecule has 0 N–H and O–H groups in total. The van der Waals surface area contributed by atoms with Crippen LogP contribution in [0, 0.1) is 11.3 Å². The van der Waals surface area contributed by atoms with Crippen LogP contribution in [0.15, 0.2) is 12.7 Å². The van der Waals surface area contributed by atoms with Gasteiger partial charge in [0.05, 0.1) is 0 Å². The van der Waals surface area contributed by atoms with Crippen LogP contribution in [0.2, 0.25) is 13.1 Å². The van der Waals surface area contributed by atoms with Crippen LogP contribution in [-0.4, -0.2) is 37.9 Å². The van der Waals surface area contributed by atoms with Gasteiger partial charge in [-0.3, -0.25) is 4.90 Å². The molecule has 0 spiro atoms. The highest BCUT2D eigenvalue weighted by molar-refractivity contribution is 6.48. The quantitative estimate of drug-likeness (QED) is 0.577. The minimum absolute atomic E-state index is 0.104. The van der Waals surface area contributed by atoms with Crippen molar-refractivity contribution >= 4 is 15.1 Å². The van der Waals surface area contributed by atoms with Crippen LogP contribution in [-0.2, 0) is 9.16 Å². The van der Waals surface area contributed by atoms with Crippen molar-refractivity contribution in [2.75, 3.05) is 6.54 Å². The third-order valence-electron chi connectivity index (χ3n) is 4.00. The first-order valence-electron chi connectivity index (χ1n) is 8.13. The maximum Gasteiger partial charge on any atom is 0.412 e. The first-order valence-corrected chi connectivity index (χ1v) is 10.9. The predicted molar refractivity (Wildman–Crippen MR) is 93.4 cm³/mol. The molecule has 0 aliphatic carbocycles. The lowest BCUT2D eigenvalue weighted by molar-refractivity contribution is -0.0393. The zero-order valence-electron chi connectivity index (χ0n) is 15.5. The molecular weight excluding hydrogens is 294 g/mol.